The van der Waals surface area contributed by atoms with Gasteiger partial charge in [0, 0.05) is 24.3 Å². The number of para-hydroxylation sites is 1. The Morgan fingerprint density at radius 2 is 1.63 bits per heavy atom. The van der Waals surface area contributed by atoms with Gasteiger partial charge in [-0.3, -0.25) is 0 Å². The Balaban J connectivity index is 1.48. The Kier molecular flexibility index (Phi) is 6.14. The first-order valence-electron chi connectivity index (χ1n) is 11.0. The van der Waals surface area contributed by atoms with Crippen LogP contribution in [-0.2, 0) is 12.8 Å². The zero-order valence-corrected chi connectivity index (χ0v) is 16.8. The van der Waals surface area contributed by atoms with Crippen LogP contribution in [0.15, 0.2) is 54.6 Å². The van der Waals surface area contributed by atoms with E-state index in [0.717, 1.165) is 6.04 Å². The third-order valence-corrected chi connectivity index (χ3v) is 6.52. The van der Waals surface area contributed by atoms with E-state index in [1.54, 1.807) is 11.1 Å². The van der Waals surface area contributed by atoms with Crippen molar-refractivity contribution < 1.29 is 0 Å². The quantitative estimate of drug-likeness (QED) is 0.658. The molecule has 0 amide bonds. The molecule has 0 saturated carbocycles. The molecule has 1 heterocycles. The fourth-order valence-electron chi connectivity index (χ4n) is 5.15. The second kappa shape index (κ2) is 8.93. The minimum Gasteiger partial charge on any atom is -0.368 e. The topological polar surface area (TPSA) is 6.48 Å². The maximum absolute atomic E-state index is 2.76. The van der Waals surface area contributed by atoms with Gasteiger partial charge < -0.3 is 9.80 Å². The minimum absolute atomic E-state index is 0.605. The largest absolute Gasteiger partial charge is 0.368 e. The SMILES string of the molecule is CCCN1CCCCC1CCN(c1ccccc1)C1Cc2ccccc2C1. The number of nitrogens with zero attached hydrogens (tertiary/aromatic N) is 2. The molecule has 0 bridgehead atoms. The molecule has 2 heteroatoms. The van der Waals surface area contributed by atoms with E-state index in [0.29, 0.717) is 6.04 Å². The Bertz CT molecular complexity index is 684. The molecular formula is C25H34N2. The second-order valence-corrected chi connectivity index (χ2v) is 8.33. The van der Waals surface area contributed by atoms with Crippen LogP contribution in [0.2, 0.25) is 0 Å². The van der Waals surface area contributed by atoms with Crippen molar-refractivity contribution in [2.75, 3.05) is 24.5 Å². The Morgan fingerprint density at radius 3 is 2.33 bits per heavy atom. The number of likely N-dealkylation sites (tertiary alicyclic amines) is 1. The van der Waals surface area contributed by atoms with E-state index >= 15 is 0 Å². The summed E-state index contributed by atoms with van der Waals surface area (Å²) in [6, 6.07) is 21.5. The number of anilines is 1. The van der Waals surface area contributed by atoms with Gasteiger partial charge in [-0.25, -0.2) is 0 Å². The van der Waals surface area contributed by atoms with Crippen LogP contribution >= 0.6 is 0 Å². The molecule has 2 nitrogen and oxygen atoms in total. The summed E-state index contributed by atoms with van der Waals surface area (Å²) < 4.78 is 0. The highest BCUT2D eigenvalue weighted by Gasteiger charge is 2.28. The summed E-state index contributed by atoms with van der Waals surface area (Å²) in [5.41, 5.74) is 4.50. The summed E-state index contributed by atoms with van der Waals surface area (Å²) in [7, 11) is 0. The molecule has 4 rings (SSSR count). The molecule has 1 unspecified atom stereocenters. The summed E-state index contributed by atoms with van der Waals surface area (Å²) in [6.45, 7) is 6.06. The normalized spacial score (nSPS) is 20.6. The van der Waals surface area contributed by atoms with Crippen molar-refractivity contribution in [3.8, 4) is 0 Å². The lowest BCUT2D eigenvalue weighted by Gasteiger charge is -2.38. The van der Waals surface area contributed by atoms with Crippen molar-refractivity contribution in [3.05, 3.63) is 65.7 Å². The van der Waals surface area contributed by atoms with Crippen LogP contribution in [0.4, 0.5) is 5.69 Å². The van der Waals surface area contributed by atoms with Crippen molar-refractivity contribution in [1.29, 1.82) is 0 Å². The number of fused-ring (bicyclic) bond motifs is 1. The second-order valence-electron chi connectivity index (χ2n) is 8.33. The van der Waals surface area contributed by atoms with Gasteiger partial charge in [-0.05, 0) is 74.9 Å². The standard InChI is InChI=1S/C25H34N2/c1-2-16-26-17-9-8-12-23(26)15-18-27(24-13-4-3-5-14-24)25-19-21-10-6-7-11-22(21)20-25/h3-7,10-11,13-14,23,25H,2,8-9,12,15-20H2,1H3. The van der Waals surface area contributed by atoms with E-state index in [2.05, 4.69) is 71.3 Å². The summed E-state index contributed by atoms with van der Waals surface area (Å²) in [4.78, 5) is 5.47. The van der Waals surface area contributed by atoms with Gasteiger partial charge in [-0.1, -0.05) is 55.8 Å². The average Bonchev–Trinajstić information content (AvgIpc) is 3.14. The van der Waals surface area contributed by atoms with Crippen molar-refractivity contribution in [3.63, 3.8) is 0 Å². The zero-order chi connectivity index (χ0) is 18.5. The number of benzene rings is 2. The number of hydrogen-bond acceptors (Lipinski definition) is 2. The molecule has 2 aromatic rings. The van der Waals surface area contributed by atoms with Gasteiger partial charge in [0.2, 0.25) is 0 Å². The van der Waals surface area contributed by atoms with Crippen LogP contribution in [-0.4, -0.2) is 36.6 Å². The maximum atomic E-state index is 2.76. The molecule has 2 aromatic carbocycles. The third kappa shape index (κ3) is 4.38. The van der Waals surface area contributed by atoms with Crippen LogP contribution in [0.5, 0.6) is 0 Å². The van der Waals surface area contributed by atoms with Gasteiger partial charge >= 0.3 is 0 Å². The van der Waals surface area contributed by atoms with Gasteiger partial charge in [0.05, 0.1) is 0 Å². The van der Waals surface area contributed by atoms with Crippen molar-refractivity contribution in [2.24, 2.45) is 0 Å². The smallest absolute Gasteiger partial charge is 0.0370 e. The van der Waals surface area contributed by atoms with Crippen LogP contribution in [0.25, 0.3) is 0 Å². The highest BCUT2D eigenvalue weighted by Crippen LogP contribution is 2.30. The highest BCUT2D eigenvalue weighted by molar-refractivity contribution is 5.49. The molecule has 1 fully saturated rings. The molecule has 1 aliphatic carbocycles. The van der Waals surface area contributed by atoms with E-state index in [1.165, 1.54) is 70.3 Å². The van der Waals surface area contributed by atoms with E-state index in [-0.39, 0.29) is 0 Å². The van der Waals surface area contributed by atoms with Crippen LogP contribution < -0.4 is 4.90 Å². The van der Waals surface area contributed by atoms with Gasteiger partial charge in [0.15, 0.2) is 0 Å². The molecular weight excluding hydrogens is 328 g/mol. The van der Waals surface area contributed by atoms with E-state index in [1.807, 2.05) is 0 Å². The first-order valence-corrected chi connectivity index (χ1v) is 11.0. The first kappa shape index (κ1) is 18.6. The molecule has 0 radical (unpaired) electrons. The molecule has 144 valence electrons. The van der Waals surface area contributed by atoms with Crippen LogP contribution in [0.3, 0.4) is 0 Å². The predicted molar refractivity (Wildman–Crippen MR) is 116 cm³/mol. The molecule has 1 saturated heterocycles. The van der Waals surface area contributed by atoms with Crippen molar-refractivity contribution in [1.82, 2.24) is 4.90 Å². The first-order chi connectivity index (χ1) is 13.3. The lowest BCUT2D eigenvalue weighted by Crippen LogP contribution is -2.44. The van der Waals surface area contributed by atoms with Crippen LogP contribution in [0, 0.1) is 0 Å². The fourth-order valence-corrected chi connectivity index (χ4v) is 5.15. The molecule has 0 spiro atoms. The Morgan fingerprint density at radius 1 is 0.926 bits per heavy atom. The fraction of sp³-hybridized carbons (Fsp3) is 0.520. The summed E-state index contributed by atoms with van der Waals surface area (Å²) in [6.07, 6.45) is 9.12. The van der Waals surface area contributed by atoms with E-state index in [9.17, 15) is 0 Å². The van der Waals surface area contributed by atoms with Crippen LogP contribution in [0.1, 0.15) is 50.2 Å². The Hall–Kier alpha value is -1.80. The molecule has 1 atom stereocenters. The monoisotopic (exact) mass is 362 g/mol. The summed E-state index contributed by atoms with van der Waals surface area (Å²) in [5, 5.41) is 0. The third-order valence-electron chi connectivity index (χ3n) is 6.52. The lowest BCUT2D eigenvalue weighted by molar-refractivity contribution is 0.141. The average molecular weight is 363 g/mol. The molecule has 1 aliphatic heterocycles. The molecule has 2 aliphatic rings. The predicted octanol–water partition coefficient (Wildman–Crippen LogP) is 5.32. The summed E-state index contributed by atoms with van der Waals surface area (Å²) in [5.74, 6) is 0. The zero-order valence-electron chi connectivity index (χ0n) is 16.8. The molecule has 0 aromatic heterocycles. The number of hydrogen-bond donors (Lipinski definition) is 0. The van der Waals surface area contributed by atoms with Gasteiger partial charge in [0.25, 0.3) is 0 Å². The maximum Gasteiger partial charge on any atom is 0.0370 e. The summed E-state index contributed by atoms with van der Waals surface area (Å²) >= 11 is 0. The van der Waals surface area contributed by atoms with Gasteiger partial charge in [-0.2, -0.15) is 0 Å². The number of rotatable bonds is 7. The molecule has 27 heavy (non-hydrogen) atoms. The van der Waals surface area contributed by atoms with Crippen molar-refractivity contribution >= 4 is 5.69 Å². The minimum atomic E-state index is 0.605. The van der Waals surface area contributed by atoms with Gasteiger partial charge in [-0.15, -0.1) is 0 Å². The lowest BCUT2D eigenvalue weighted by atomic mass is 9.98. The van der Waals surface area contributed by atoms with Crippen molar-refractivity contribution in [2.45, 2.75) is 64.0 Å². The van der Waals surface area contributed by atoms with E-state index < -0.39 is 0 Å². The van der Waals surface area contributed by atoms with Gasteiger partial charge in [0.1, 0.15) is 0 Å². The number of piperidine rings is 1. The van der Waals surface area contributed by atoms with E-state index in [4.69, 9.17) is 0 Å². The molecule has 0 N–H and O–H groups in total. The Labute approximate surface area is 165 Å². The highest BCUT2D eigenvalue weighted by atomic mass is 15.2.